The van der Waals surface area contributed by atoms with E-state index in [2.05, 4.69) is 17.7 Å². The predicted octanol–water partition coefficient (Wildman–Crippen LogP) is 4.99. The lowest BCUT2D eigenvalue weighted by Crippen LogP contribution is -2.14. The van der Waals surface area contributed by atoms with Crippen LogP contribution in [0.5, 0.6) is 0 Å². The summed E-state index contributed by atoms with van der Waals surface area (Å²) >= 11 is 1.57. The van der Waals surface area contributed by atoms with Crippen molar-refractivity contribution in [1.29, 1.82) is 0 Å². The molecule has 0 radical (unpaired) electrons. The SMILES string of the molecule is CC1Cc2oc(SNc3c4c(cc5c3CCC5)CCC4)cc2C(O)C1. The van der Waals surface area contributed by atoms with Gasteiger partial charge < -0.3 is 14.2 Å². The van der Waals surface area contributed by atoms with E-state index in [-0.39, 0.29) is 6.10 Å². The van der Waals surface area contributed by atoms with Crippen molar-refractivity contribution in [2.45, 2.75) is 69.5 Å². The fourth-order valence-electron chi connectivity index (χ4n) is 4.86. The zero-order valence-electron chi connectivity index (χ0n) is 14.7. The Hall–Kier alpha value is -1.39. The summed E-state index contributed by atoms with van der Waals surface area (Å²) < 4.78 is 9.69. The van der Waals surface area contributed by atoms with Crippen molar-refractivity contribution in [2.24, 2.45) is 5.92 Å². The monoisotopic (exact) mass is 355 g/mol. The molecule has 3 nitrogen and oxygen atoms in total. The molecule has 0 saturated heterocycles. The van der Waals surface area contributed by atoms with Gasteiger partial charge in [0, 0.05) is 23.9 Å². The molecule has 3 aliphatic rings. The van der Waals surface area contributed by atoms with E-state index in [1.807, 2.05) is 6.07 Å². The molecule has 2 aromatic rings. The van der Waals surface area contributed by atoms with Gasteiger partial charge in [0.05, 0.1) is 11.8 Å². The van der Waals surface area contributed by atoms with Crippen LogP contribution in [0.15, 0.2) is 21.6 Å². The fraction of sp³-hybridized carbons (Fsp3) is 0.524. The van der Waals surface area contributed by atoms with Crippen molar-refractivity contribution in [3.8, 4) is 0 Å². The van der Waals surface area contributed by atoms with E-state index in [0.717, 1.165) is 29.3 Å². The number of rotatable bonds is 3. The minimum atomic E-state index is -0.373. The standard InChI is InChI=1S/C21H25NO2S/c1-12-8-18(23)17-11-20(24-19(17)9-12)25-22-21-15-6-2-4-13(15)10-14-5-3-7-16(14)21/h10-12,18,22-23H,2-9H2,1H3. The maximum absolute atomic E-state index is 10.3. The Labute approximate surface area is 153 Å². The Morgan fingerprint density at radius 2 is 1.80 bits per heavy atom. The molecule has 0 fully saturated rings. The van der Waals surface area contributed by atoms with Crippen LogP contribution in [0.4, 0.5) is 5.69 Å². The first-order valence-corrected chi connectivity index (χ1v) is 10.4. The van der Waals surface area contributed by atoms with Crippen LogP contribution >= 0.6 is 11.9 Å². The smallest absolute Gasteiger partial charge is 0.181 e. The predicted molar refractivity (Wildman–Crippen MR) is 101 cm³/mol. The number of furan rings is 1. The second kappa shape index (κ2) is 6.10. The van der Waals surface area contributed by atoms with Gasteiger partial charge in [-0.2, -0.15) is 0 Å². The van der Waals surface area contributed by atoms with E-state index in [9.17, 15) is 5.11 Å². The minimum Gasteiger partial charge on any atom is -0.453 e. The number of benzene rings is 1. The highest BCUT2D eigenvalue weighted by molar-refractivity contribution is 8.00. The van der Waals surface area contributed by atoms with Crippen LogP contribution < -0.4 is 4.72 Å². The molecule has 0 saturated carbocycles. The molecule has 132 valence electrons. The molecule has 0 spiro atoms. The number of aliphatic hydroxyl groups is 1. The summed E-state index contributed by atoms with van der Waals surface area (Å²) in [6.45, 7) is 2.18. The Morgan fingerprint density at radius 3 is 2.52 bits per heavy atom. The average Bonchev–Trinajstić information content (AvgIpc) is 3.29. The van der Waals surface area contributed by atoms with Gasteiger partial charge in [0.2, 0.25) is 0 Å². The molecular weight excluding hydrogens is 330 g/mol. The molecule has 0 bridgehead atoms. The highest BCUT2D eigenvalue weighted by atomic mass is 32.2. The van der Waals surface area contributed by atoms with Crippen LogP contribution in [-0.2, 0) is 32.1 Å². The Bertz CT molecular complexity index is 794. The lowest BCUT2D eigenvalue weighted by molar-refractivity contribution is 0.131. The largest absolute Gasteiger partial charge is 0.453 e. The molecule has 5 rings (SSSR count). The van der Waals surface area contributed by atoms with Crippen LogP contribution in [0.25, 0.3) is 0 Å². The summed E-state index contributed by atoms with van der Waals surface area (Å²) in [5.74, 6) is 1.46. The highest BCUT2D eigenvalue weighted by Crippen LogP contribution is 2.42. The number of aryl methyl sites for hydroxylation is 2. The van der Waals surface area contributed by atoms with Gasteiger partial charge in [-0.15, -0.1) is 0 Å². The van der Waals surface area contributed by atoms with Crippen molar-refractivity contribution in [3.63, 3.8) is 0 Å². The molecule has 2 atom stereocenters. The molecule has 4 heteroatoms. The maximum Gasteiger partial charge on any atom is 0.181 e. The first kappa shape index (κ1) is 15.8. The zero-order chi connectivity index (χ0) is 17.0. The molecule has 3 aliphatic carbocycles. The Balaban J connectivity index is 1.42. The second-order valence-corrected chi connectivity index (χ2v) is 8.75. The van der Waals surface area contributed by atoms with Crippen molar-refractivity contribution in [3.05, 3.63) is 45.7 Å². The number of hydrogen-bond acceptors (Lipinski definition) is 4. The molecule has 2 N–H and O–H groups in total. The van der Waals surface area contributed by atoms with Gasteiger partial charge >= 0.3 is 0 Å². The third-order valence-corrected chi connectivity index (χ3v) is 6.77. The van der Waals surface area contributed by atoms with E-state index in [1.54, 1.807) is 23.1 Å². The third kappa shape index (κ3) is 2.70. The summed E-state index contributed by atoms with van der Waals surface area (Å²) in [6, 6.07) is 4.50. The van der Waals surface area contributed by atoms with Gasteiger partial charge in [-0.1, -0.05) is 13.0 Å². The maximum atomic E-state index is 10.3. The first-order chi connectivity index (χ1) is 12.2. The highest BCUT2D eigenvalue weighted by Gasteiger charge is 2.28. The van der Waals surface area contributed by atoms with Crippen molar-refractivity contribution in [2.75, 3.05) is 4.72 Å². The first-order valence-electron chi connectivity index (χ1n) is 9.59. The van der Waals surface area contributed by atoms with Gasteiger partial charge in [0.15, 0.2) is 5.09 Å². The molecule has 25 heavy (non-hydrogen) atoms. The van der Waals surface area contributed by atoms with Crippen LogP contribution in [0.3, 0.4) is 0 Å². The fourth-order valence-corrected chi connectivity index (χ4v) is 5.64. The molecule has 0 aliphatic heterocycles. The van der Waals surface area contributed by atoms with Crippen molar-refractivity contribution in [1.82, 2.24) is 0 Å². The topological polar surface area (TPSA) is 45.4 Å². The normalized spacial score (nSPS) is 24.1. The van der Waals surface area contributed by atoms with E-state index in [4.69, 9.17) is 4.42 Å². The van der Waals surface area contributed by atoms with Gasteiger partial charge in [-0.05, 0) is 79.2 Å². The molecule has 1 aromatic heterocycles. The van der Waals surface area contributed by atoms with Gasteiger partial charge in [0.25, 0.3) is 0 Å². The lowest BCUT2D eigenvalue weighted by Gasteiger charge is -2.21. The lowest BCUT2D eigenvalue weighted by atomic mass is 9.88. The number of nitrogens with one attached hydrogen (secondary N) is 1. The van der Waals surface area contributed by atoms with Crippen molar-refractivity contribution >= 4 is 17.6 Å². The molecule has 1 heterocycles. The average molecular weight is 356 g/mol. The van der Waals surface area contributed by atoms with Gasteiger partial charge in [-0.25, -0.2) is 0 Å². The number of fused-ring (bicyclic) bond motifs is 3. The summed E-state index contributed by atoms with van der Waals surface area (Å²) in [5.41, 5.74) is 8.50. The van der Waals surface area contributed by atoms with Gasteiger partial charge in [-0.3, -0.25) is 0 Å². The van der Waals surface area contributed by atoms with Gasteiger partial charge in [0.1, 0.15) is 5.76 Å². The van der Waals surface area contributed by atoms with Crippen LogP contribution in [0.1, 0.15) is 65.9 Å². The number of anilines is 1. The van der Waals surface area contributed by atoms with Crippen molar-refractivity contribution < 1.29 is 9.52 Å². The molecule has 1 aromatic carbocycles. The Kier molecular flexibility index (Phi) is 3.86. The van der Waals surface area contributed by atoms with Crippen LogP contribution in [0.2, 0.25) is 0 Å². The van der Waals surface area contributed by atoms with E-state index in [0.29, 0.717) is 5.92 Å². The molecule has 2 unspecified atom stereocenters. The van der Waals surface area contributed by atoms with Crippen LogP contribution in [0, 0.1) is 5.92 Å². The second-order valence-electron chi connectivity index (χ2n) is 7.94. The third-order valence-electron chi connectivity index (χ3n) is 6.06. The summed E-state index contributed by atoms with van der Waals surface area (Å²) in [4.78, 5) is 0. The number of aliphatic hydroxyl groups excluding tert-OH is 1. The zero-order valence-corrected chi connectivity index (χ0v) is 15.5. The summed E-state index contributed by atoms with van der Waals surface area (Å²) in [5, 5.41) is 11.2. The Morgan fingerprint density at radius 1 is 1.08 bits per heavy atom. The number of hydrogen-bond donors (Lipinski definition) is 2. The minimum absolute atomic E-state index is 0.373. The molecule has 0 amide bonds. The summed E-state index contributed by atoms with van der Waals surface area (Å²) in [7, 11) is 0. The van der Waals surface area contributed by atoms with E-state index >= 15 is 0 Å². The summed E-state index contributed by atoms with van der Waals surface area (Å²) in [6.07, 6.45) is 8.77. The van der Waals surface area contributed by atoms with Crippen LogP contribution in [-0.4, -0.2) is 5.11 Å². The van der Waals surface area contributed by atoms with E-state index < -0.39 is 0 Å². The molecular formula is C21H25NO2S. The van der Waals surface area contributed by atoms with E-state index in [1.165, 1.54) is 55.3 Å². The quantitative estimate of drug-likeness (QED) is 0.761.